The van der Waals surface area contributed by atoms with E-state index in [1.165, 1.54) is 0 Å². The minimum absolute atomic E-state index is 0.0276. The number of hydrogen-bond acceptors (Lipinski definition) is 4. The van der Waals surface area contributed by atoms with Gasteiger partial charge in [0.05, 0.1) is 30.0 Å². The Morgan fingerprint density at radius 1 is 1.46 bits per heavy atom. The topological polar surface area (TPSA) is 74.0 Å². The zero-order chi connectivity index (χ0) is 17.1. The number of aromatic nitrogens is 4. The number of imidazole rings is 1. The van der Waals surface area contributed by atoms with Gasteiger partial charge in [-0.3, -0.25) is 9.48 Å². The quantitative estimate of drug-likeness (QED) is 0.908. The van der Waals surface area contributed by atoms with Gasteiger partial charge in [0.1, 0.15) is 6.10 Å². The summed E-state index contributed by atoms with van der Waals surface area (Å²) in [6.07, 6.45) is 8.59. The minimum atomic E-state index is -0.0688. The lowest BCUT2D eigenvalue weighted by molar-refractivity contribution is -0.00301. The normalized spacial score (nSPS) is 21.2. The fourth-order valence-corrected chi connectivity index (χ4v) is 3.04. The highest BCUT2D eigenvalue weighted by Gasteiger charge is 2.27. The van der Waals surface area contributed by atoms with Crippen molar-refractivity contribution < 1.29 is 9.53 Å². The first-order chi connectivity index (χ1) is 11.5. The molecule has 0 radical (unpaired) electrons. The van der Waals surface area contributed by atoms with Crippen LogP contribution in [0.4, 0.5) is 0 Å². The molecule has 0 aromatic carbocycles. The van der Waals surface area contributed by atoms with E-state index in [1.807, 2.05) is 28.7 Å². The standard InChI is InChI=1S/C17H25N5O2/c1-12(2)9-22-10-13(7-19-22)17(23)20-14-4-5-24-16(6-14)15-8-18-11-21(15)3/h7-8,10-12,14,16H,4-6,9H2,1-3H3,(H,20,23)/t14-,16+/m0/s1. The maximum atomic E-state index is 12.4. The number of rotatable bonds is 5. The maximum absolute atomic E-state index is 12.4. The fraction of sp³-hybridized carbons (Fsp3) is 0.588. The summed E-state index contributed by atoms with van der Waals surface area (Å²) >= 11 is 0. The van der Waals surface area contributed by atoms with Gasteiger partial charge in [0.2, 0.25) is 0 Å². The van der Waals surface area contributed by atoms with Gasteiger partial charge in [-0.05, 0) is 18.8 Å². The molecule has 2 aromatic rings. The Labute approximate surface area is 142 Å². The van der Waals surface area contributed by atoms with Crippen molar-refractivity contribution in [2.45, 2.75) is 45.4 Å². The van der Waals surface area contributed by atoms with E-state index in [0.717, 1.165) is 25.1 Å². The van der Waals surface area contributed by atoms with Crippen LogP contribution in [0, 0.1) is 5.92 Å². The molecule has 3 heterocycles. The van der Waals surface area contributed by atoms with Crippen LogP contribution in [0.25, 0.3) is 0 Å². The Bertz CT molecular complexity index is 691. The summed E-state index contributed by atoms with van der Waals surface area (Å²) in [4.78, 5) is 16.6. The van der Waals surface area contributed by atoms with E-state index in [-0.39, 0.29) is 18.1 Å². The molecule has 0 unspecified atom stereocenters. The lowest BCUT2D eigenvalue weighted by Crippen LogP contribution is -2.40. The van der Waals surface area contributed by atoms with Crippen molar-refractivity contribution in [2.24, 2.45) is 13.0 Å². The van der Waals surface area contributed by atoms with E-state index in [1.54, 1.807) is 12.5 Å². The van der Waals surface area contributed by atoms with Gasteiger partial charge in [-0.25, -0.2) is 4.98 Å². The number of ether oxygens (including phenoxy) is 1. The fourth-order valence-electron chi connectivity index (χ4n) is 3.04. The first kappa shape index (κ1) is 16.7. The third-order valence-electron chi connectivity index (χ3n) is 4.25. The van der Waals surface area contributed by atoms with Gasteiger partial charge in [-0.2, -0.15) is 5.10 Å². The van der Waals surface area contributed by atoms with Crippen molar-refractivity contribution >= 4 is 5.91 Å². The zero-order valence-electron chi connectivity index (χ0n) is 14.5. The third-order valence-corrected chi connectivity index (χ3v) is 4.25. The van der Waals surface area contributed by atoms with Gasteiger partial charge in [0, 0.05) is 32.4 Å². The second-order valence-electron chi connectivity index (χ2n) is 6.83. The van der Waals surface area contributed by atoms with Crippen LogP contribution < -0.4 is 5.32 Å². The number of nitrogens with zero attached hydrogens (tertiary/aromatic N) is 4. The molecular weight excluding hydrogens is 306 g/mol. The highest BCUT2D eigenvalue weighted by Crippen LogP contribution is 2.27. The van der Waals surface area contributed by atoms with E-state index in [9.17, 15) is 4.79 Å². The molecule has 7 heteroatoms. The van der Waals surface area contributed by atoms with Crippen LogP contribution in [-0.4, -0.2) is 37.9 Å². The van der Waals surface area contributed by atoms with Gasteiger partial charge < -0.3 is 14.6 Å². The monoisotopic (exact) mass is 331 g/mol. The van der Waals surface area contributed by atoms with Crippen molar-refractivity contribution in [1.82, 2.24) is 24.6 Å². The summed E-state index contributed by atoms with van der Waals surface area (Å²) < 4.78 is 9.62. The number of hydrogen-bond donors (Lipinski definition) is 1. The molecule has 3 rings (SSSR count). The van der Waals surface area contributed by atoms with Gasteiger partial charge in [-0.1, -0.05) is 13.8 Å². The van der Waals surface area contributed by atoms with Crippen LogP contribution in [0.2, 0.25) is 0 Å². The second kappa shape index (κ2) is 7.17. The van der Waals surface area contributed by atoms with E-state index < -0.39 is 0 Å². The largest absolute Gasteiger partial charge is 0.372 e. The first-order valence-electron chi connectivity index (χ1n) is 8.44. The van der Waals surface area contributed by atoms with Gasteiger partial charge >= 0.3 is 0 Å². The number of carbonyl (C=O) groups is 1. The molecule has 0 bridgehead atoms. The van der Waals surface area contributed by atoms with Crippen LogP contribution in [0.1, 0.15) is 48.8 Å². The lowest BCUT2D eigenvalue weighted by Gasteiger charge is -2.30. The summed E-state index contributed by atoms with van der Waals surface area (Å²) in [5.74, 6) is 0.427. The van der Waals surface area contributed by atoms with E-state index in [2.05, 4.69) is 29.2 Å². The van der Waals surface area contributed by atoms with E-state index >= 15 is 0 Å². The van der Waals surface area contributed by atoms with Crippen LogP contribution in [0.15, 0.2) is 24.9 Å². The van der Waals surface area contributed by atoms with E-state index in [0.29, 0.717) is 18.1 Å². The van der Waals surface area contributed by atoms with Crippen molar-refractivity contribution in [2.75, 3.05) is 6.61 Å². The highest BCUT2D eigenvalue weighted by molar-refractivity contribution is 5.93. The number of carbonyl (C=O) groups excluding carboxylic acids is 1. The van der Waals surface area contributed by atoms with Crippen LogP contribution in [0.5, 0.6) is 0 Å². The molecule has 2 aromatic heterocycles. The molecular formula is C17H25N5O2. The summed E-state index contributed by atoms with van der Waals surface area (Å²) in [6.45, 7) is 5.70. The van der Waals surface area contributed by atoms with Gasteiger partial charge in [-0.15, -0.1) is 0 Å². The second-order valence-corrected chi connectivity index (χ2v) is 6.83. The number of amides is 1. The molecule has 1 aliphatic rings. The summed E-state index contributed by atoms with van der Waals surface area (Å²) in [6, 6.07) is 0.0969. The zero-order valence-corrected chi connectivity index (χ0v) is 14.5. The Kier molecular flexibility index (Phi) is 4.99. The lowest BCUT2D eigenvalue weighted by atomic mass is 10.0. The van der Waals surface area contributed by atoms with Crippen molar-refractivity contribution in [3.05, 3.63) is 36.2 Å². The predicted octanol–water partition coefficient (Wildman–Crippen LogP) is 1.92. The number of aryl methyl sites for hydroxylation is 1. The van der Waals surface area contributed by atoms with Crippen molar-refractivity contribution in [3.63, 3.8) is 0 Å². The first-order valence-corrected chi connectivity index (χ1v) is 8.44. The highest BCUT2D eigenvalue weighted by atomic mass is 16.5. The smallest absolute Gasteiger partial charge is 0.254 e. The van der Waals surface area contributed by atoms with Crippen LogP contribution in [0.3, 0.4) is 0 Å². The van der Waals surface area contributed by atoms with Gasteiger partial charge in [0.25, 0.3) is 5.91 Å². The summed E-state index contributed by atoms with van der Waals surface area (Å²) in [7, 11) is 1.96. The minimum Gasteiger partial charge on any atom is -0.372 e. The molecule has 0 aliphatic carbocycles. The molecule has 0 spiro atoms. The van der Waals surface area contributed by atoms with Crippen molar-refractivity contribution in [3.8, 4) is 0 Å². The molecule has 1 fully saturated rings. The summed E-state index contributed by atoms with van der Waals surface area (Å²) in [5.41, 5.74) is 1.65. The predicted molar refractivity (Wildman–Crippen MR) is 89.5 cm³/mol. The van der Waals surface area contributed by atoms with Crippen LogP contribution in [-0.2, 0) is 18.3 Å². The molecule has 7 nitrogen and oxygen atoms in total. The molecule has 1 N–H and O–H groups in total. The Morgan fingerprint density at radius 2 is 2.29 bits per heavy atom. The van der Waals surface area contributed by atoms with E-state index in [4.69, 9.17) is 4.74 Å². The Balaban J connectivity index is 1.60. The Morgan fingerprint density at radius 3 is 3.00 bits per heavy atom. The molecule has 2 atom stereocenters. The molecule has 1 aliphatic heterocycles. The Hall–Kier alpha value is -2.15. The maximum Gasteiger partial charge on any atom is 0.254 e. The molecule has 24 heavy (non-hydrogen) atoms. The average Bonchev–Trinajstić information content (AvgIpc) is 3.16. The van der Waals surface area contributed by atoms with Crippen molar-refractivity contribution in [1.29, 1.82) is 0 Å². The molecule has 1 saturated heterocycles. The third kappa shape index (κ3) is 3.84. The molecule has 1 amide bonds. The molecule has 130 valence electrons. The molecule has 0 saturated carbocycles. The SMILES string of the molecule is CC(C)Cn1cc(C(=O)N[C@H]2CCO[C@@H](c3cncn3C)C2)cn1. The van der Waals surface area contributed by atoms with Crippen LogP contribution >= 0.6 is 0 Å². The summed E-state index contributed by atoms with van der Waals surface area (Å²) in [5, 5.41) is 7.37. The van der Waals surface area contributed by atoms with Gasteiger partial charge in [0.15, 0.2) is 0 Å². The average molecular weight is 331 g/mol. The number of nitrogens with one attached hydrogen (secondary N) is 1.